The maximum atomic E-state index is 13.0. The highest BCUT2D eigenvalue weighted by Gasteiger charge is 2.30. The summed E-state index contributed by atoms with van der Waals surface area (Å²) < 4.78 is 68.3. The van der Waals surface area contributed by atoms with Crippen LogP contribution in [0.2, 0.25) is 0 Å². The van der Waals surface area contributed by atoms with Crippen molar-refractivity contribution in [2.24, 2.45) is 17.8 Å². The molecule has 0 aromatic carbocycles. The first-order chi connectivity index (χ1) is 43.2. The highest BCUT2D eigenvalue weighted by atomic mass is 31.2. The number of ether oxygens (including phenoxy) is 4. The first kappa shape index (κ1) is 88.1. The lowest BCUT2D eigenvalue weighted by molar-refractivity contribution is -0.161. The number of hydrogen-bond donors (Lipinski definition) is 3. The average molecular weight is 1330 g/mol. The molecule has 534 valence electrons. The number of hydrogen-bond acceptors (Lipinski definition) is 15. The molecule has 0 aliphatic heterocycles. The molecule has 0 saturated carbocycles. The molecule has 0 aromatic rings. The van der Waals surface area contributed by atoms with Crippen molar-refractivity contribution in [2.45, 2.75) is 375 Å². The largest absolute Gasteiger partial charge is 0.472 e. The van der Waals surface area contributed by atoms with E-state index in [0.29, 0.717) is 25.7 Å². The van der Waals surface area contributed by atoms with Gasteiger partial charge in [0.15, 0.2) is 12.2 Å². The Balaban J connectivity index is 5.22. The Morgan fingerprint density at radius 1 is 0.300 bits per heavy atom. The molecule has 5 atom stereocenters. The van der Waals surface area contributed by atoms with Crippen LogP contribution in [0.5, 0.6) is 0 Å². The van der Waals surface area contributed by atoms with Crippen LogP contribution in [-0.2, 0) is 65.4 Å². The number of rotatable bonds is 69. The van der Waals surface area contributed by atoms with Crippen LogP contribution < -0.4 is 0 Å². The summed E-state index contributed by atoms with van der Waals surface area (Å²) in [5.41, 5.74) is 0. The van der Waals surface area contributed by atoms with E-state index < -0.39 is 97.5 Å². The minimum atomic E-state index is -4.95. The molecule has 0 spiro atoms. The van der Waals surface area contributed by atoms with Gasteiger partial charge >= 0.3 is 39.5 Å². The van der Waals surface area contributed by atoms with Gasteiger partial charge in [0.1, 0.15) is 19.3 Å². The van der Waals surface area contributed by atoms with E-state index in [1.165, 1.54) is 161 Å². The number of phosphoric acid groups is 2. The number of aliphatic hydroxyl groups excluding tert-OH is 1. The summed E-state index contributed by atoms with van der Waals surface area (Å²) in [7, 11) is -9.90. The first-order valence-electron chi connectivity index (χ1n) is 36.8. The van der Waals surface area contributed by atoms with E-state index in [9.17, 15) is 43.2 Å². The van der Waals surface area contributed by atoms with Gasteiger partial charge in [-0.05, 0) is 43.4 Å². The fourth-order valence-electron chi connectivity index (χ4n) is 10.7. The van der Waals surface area contributed by atoms with Crippen LogP contribution in [0, 0.1) is 17.8 Å². The molecule has 0 heterocycles. The third-order valence-corrected chi connectivity index (χ3v) is 18.3. The van der Waals surface area contributed by atoms with Crippen LogP contribution in [0.4, 0.5) is 0 Å². The van der Waals surface area contributed by atoms with E-state index in [1.54, 1.807) is 0 Å². The number of phosphoric ester groups is 2. The molecular weight excluding hydrogens is 1190 g/mol. The van der Waals surface area contributed by atoms with Crippen molar-refractivity contribution in [3.8, 4) is 0 Å². The van der Waals surface area contributed by atoms with Crippen LogP contribution in [0.3, 0.4) is 0 Å². The van der Waals surface area contributed by atoms with Crippen molar-refractivity contribution in [1.82, 2.24) is 0 Å². The fraction of sp³-hybridized carbons (Fsp3) is 0.944. The molecule has 0 aliphatic rings. The number of unbranched alkanes of at least 4 members (excludes halogenated alkanes) is 37. The van der Waals surface area contributed by atoms with Crippen LogP contribution >= 0.6 is 15.6 Å². The average Bonchev–Trinajstić information content (AvgIpc) is 3.67. The van der Waals surface area contributed by atoms with Gasteiger partial charge in [-0.25, -0.2) is 9.13 Å². The van der Waals surface area contributed by atoms with Crippen LogP contribution in [0.1, 0.15) is 357 Å². The number of esters is 4. The summed E-state index contributed by atoms with van der Waals surface area (Å²) >= 11 is 0. The maximum Gasteiger partial charge on any atom is 0.472 e. The van der Waals surface area contributed by atoms with Gasteiger partial charge < -0.3 is 33.8 Å². The minimum absolute atomic E-state index is 0.105. The second kappa shape index (κ2) is 61.9. The van der Waals surface area contributed by atoms with Gasteiger partial charge in [-0.15, -0.1) is 0 Å². The Hall–Kier alpha value is -1.94. The Morgan fingerprint density at radius 3 is 0.756 bits per heavy atom. The molecule has 0 saturated heterocycles. The second-order valence-electron chi connectivity index (χ2n) is 27.1. The number of carbonyl (C=O) groups is 4. The van der Waals surface area contributed by atoms with Crippen molar-refractivity contribution in [2.75, 3.05) is 39.6 Å². The number of aliphatic hydroxyl groups is 1. The van der Waals surface area contributed by atoms with Crippen molar-refractivity contribution in [3.05, 3.63) is 0 Å². The van der Waals surface area contributed by atoms with E-state index in [-0.39, 0.29) is 25.7 Å². The smallest absolute Gasteiger partial charge is 0.462 e. The molecule has 17 nitrogen and oxygen atoms in total. The normalized spacial score (nSPS) is 14.2. The Kier molecular flexibility index (Phi) is 60.6. The monoisotopic (exact) mass is 1320 g/mol. The zero-order valence-electron chi connectivity index (χ0n) is 58.6. The van der Waals surface area contributed by atoms with Gasteiger partial charge in [-0.1, -0.05) is 305 Å². The Labute approximate surface area is 549 Å². The lowest BCUT2D eigenvalue weighted by Crippen LogP contribution is -2.30. The summed E-state index contributed by atoms with van der Waals surface area (Å²) in [5, 5.41) is 10.6. The molecule has 0 bridgehead atoms. The maximum absolute atomic E-state index is 13.0. The van der Waals surface area contributed by atoms with Gasteiger partial charge in [0.2, 0.25) is 0 Å². The molecule has 0 amide bonds. The van der Waals surface area contributed by atoms with Crippen molar-refractivity contribution in [1.29, 1.82) is 0 Å². The van der Waals surface area contributed by atoms with Gasteiger partial charge in [0.05, 0.1) is 26.4 Å². The standard InChI is InChI=1S/C71H138O17P2/c1-8-9-10-11-12-31-38-45-52-68(73)81-58-66(88-71(76)55-48-41-34-27-21-24-30-37-44-51-64(6)7)60-85-89(77,78)83-56-65(72)57-84-90(79,80)86-61-67(59-82-69(74)53-46-39-32-25-20-19-23-29-36-43-50-63(4)5)87-70(75)54-47-40-33-26-18-16-14-13-15-17-22-28-35-42-49-62(2)3/h62-67,72H,8-61H2,1-7H3,(H,77,78)(H,79,80)/t65-,66+,67+/m0/s1. The summed E-state index contributed by atoms with van der Waals surface area (Å²) in [6.07, 6.45) is 45.8. The van der Waals surface area contributed by atoms with Gasteiger partial charge in [-0.3, -0.25) is 37.3 Å². The highest BCUT2D eigenvalue weighted by Crippen LogP contribution is 2.45. The molecule has 2 unspecified atom stereocenters. The third kappa shape index (κ3) is 64.8. The van der Waals surface area contributed by atoms with Crippen LogP contribution in [0.25, 0.3) is 0 Å². The van der Waals surface area contributed by atoms with Crippen molar-refractivity contribution in [3.63, 3.8) is 0 Å². The van der Waals surface area contributed by atoms with E-state index in [0.717, 1.165) is 114 Å². The van der Waals surface area contributed by atoms with Gasteiger partial charge in [0, 0.05) is 25.7 Å². The quantitative estimate of drug-likeness (QED) is 0.0222. The van der Waals surface area contributed by atoms with Gasteiger partial charge in [-0.2, -0.15) is 0 Å². The molecule has 0 aromatic heterocycles. The summed E-state index contributed by atoms with van der Waals surface area (Å²) in [6.45, 7) is 11.8. The molecule has 19 heteroatoms. The van der Waals surface area contributed by atoms with Crippen molar-refractivity contribution < 1.29 is 80.2 Å². The predicted octanol–water partition coefficient (Wildman–Crippen LogP) is 20.2. The van der Waals surface area contributed by atoms with Crippen LogP contribution in [-0.4, -0.2) is 96.7 Å². The van der Waals surface area contributed by atoms with E-state index in [2.05, 4.69) is 48.5 Å². The predicted molar refractivity (Wildman–Crippen MR) is 363 cm³/mol. The van der Waals surface area contributed by atoms with Crippen LogP contribution in [0.15, 0.2) is 0 Å². The Bertz CT molecular complexity index is 1770. The highest BCUT2D eigenvalue weighted by molar-refractivity contribution is 7.47. The Morgan fingerprint density at radius 2 is 0.511 bits per heavy atom. The van der Waals surface area contributed by atoms with E-state index in [4.69, 9.17) is 37.0 Å². The molecule has 0 fully saturated rings. The third-order valence-electron chi connectivity index (χ3n) is 16.4. The zero-order chi connectivity index (χ0) is 66.6. The lowest BCUT2D eigenvalue weighted by atomic mass is 10.0. The molecular formula is C71H138O17P2. The fourth-order valence-corrected chi connectivity index (χ4v) is 12.3. The molecule has 0 rings (SSSR count). The topological polar surface area (TPSA) is 237 Å². The van der Waals surface area contributed by atoms with Gasteiger partial charge in [0.25, 0.3) is 0 Å². The van der Waals surface area contributed by atoms with E-state index in [1.807, 2.05) is 0 Å². The minimum Gasteiger partial charge on any atom is -0.462 e. The summed E-state index contributed by atoms with van der Waals surface area (Å²) in [6, 6.07) is 0. The second-order valence-corrected chi connectivity index (χ2v) is 30.0. The zero-order valence-corrected chi connectivity index (χ0v) is 60.4. The molecule has 90 heavy (non-hydrogen) atoms. The summed E-state index contributed by atoms with van der Waals surface area (Å²) in [4.78, 5) is 72.5. The first-order valence-corrected chi connectivity index (χ1v) is 39.8. The lowest BCUT2D eigenvalue weighted by Gasteiger charge is -2.21. The summed E-state index contributed by atoms with van der Waals surface area (Å²) in [5.74, 6) is 0.163. The molecule has 0 radical (unpaired) electrons. The van der Waals surface area contributed by atoms with Crippen molar-refractivity contribution >= 4 is 39.5 Å². The molecule has 0 aliphatic carbocycles. The van der Waals surface area contributed by atoms with E-state index >= 15 is 0 Å². The number of carbonyl (C=O) groups excluding carboxylic acids is 4. The SMILES string of the molecule is CCCCCCCCCCC(=O)OC[C@H](COP(=O)(O)OC[C@H](O)COP(=O)(O)OC[C@@H](COC(=O)CCCCCCCCCCCCC(C)C)OC(=O)CCCCCCCCCCCCCCCCC(C)C)OC(=O)CCCCCCCCCCCC(C)C. The molecule has 3 N–H and O–H groups in total.